The first kappa shape index (κ1) is 20.3. The SMILES string of the molecule is CC(C)(C)OC(=O)N1CCN(CCNC(=O)Nc2ccc(Cl)cc2)CC1. The number of halogens is 1. The topological polar surface area (TPSA) is 73.9 Å². The van der Waals surface area contributed by atoms with Crippen molar-refractivity contribution in [2.45, 2.75) is 26.4 Å². The third kappa shape index (κ3) is 7.09. The molecular weight excluding hydrogens is 356 g/mol. The summed E-state index contributed by atoms with van der Waals surface area (Å²) in [5.74, 6) is 0. The minimum atomic E-state index is -0.477. The lowest BCUT2D eigenvalue weighted by molar-refractivity contribution is 0.0147. The van der Waals surface area contributed by atoms with Crippen LogP contribution in [0.4, 0.5) is 15.3 Å². The van der Waals surface area contributed by atoms with E-state index >= 15 is 0 Å². The third-order valence-electron chi connectivity index (χ3n) is 3.84. The second-order valence-corrected chi connectivity index (χ2v) is 7.63. The maximum Gasteiger partial charge on any atom is 0.410 e. The minimum absolute atomic E-state index is 0.250. The van der Waals surface area contributed by atoms with E-state index < -0.39 is 5.60 Å². The van der Waals surface area contributed by atoms with E-state index in [0.29, 0.717) is 30.3 Å². The van der Waals surface area contributed by atoms with Crippen molar-refractivity contribution in [2.75, 3.05) is 44.6 Å². The molecule has 1 heterocycles. The van der Waals surface area contributed by atoms with Gasteiger partial charge in [0.15, 0.2) is 0 Å². The lowest BCUT2D eigenvalue weighted by Gasteiger charge is -2.35. The largest absolute Gasteiger partial charge is 0.444 e. The second-order valence-electron chi connectivity index (χ2n) is 7.20. The van der Waals surface area contributed by atoms with Crippen LogP contribution in [-0.2, 0) is 4.74 Å². The highest BCUT2D eigenvalue weighted by atomic mass is 35.5. The van der Waals surface area contributed by atoms with E-state index in [1.54, 1.807) is 29.2 Å². The van der Waals surface area contributed by atoms with E-state index in [4.69, 9.17) is 16.3 Å². The molecule has 26 heavy (non-hydrogen) atoms. The normalized spacial score (nSPS) is 15.5. The van der Waals surface area contributed by atoms with E-state index in [0.717, 1.165) is 19.6 Å². The Labute approximate surface area is 159 Å². The van der Waals surface area contributed by atoms with Gasteiger partial charge in [-0.05, 0) is 45.0 Å². The number of ether oxygens (including phenoxy) is 1. The molecule has 2 rings (SSSR count). The highest BCUT2D eigenvalue weighted by Gasteiger charge is 2.25. The number of hydrogen-bond donors (Lipinski definition) is 2. The van der Waals surface area contributed by atoms with Crippen molar-refractivity contribution < 1.29 is 14.3 Å². The average Bonchev–Trinajstić information content (AvgIpc) is 2.56. The van der Waals surface area contributed by atoms with E-state index in [1.807, 2.05) is 20.8 Å². The summed E-state index contributed by atoms with van der Waals surface area (Å²) in [6.07, 6.45) is -0.266. The zero-order chi connectivity index (χ0) is 19.2. The molecule has 2 N–H and O–H groups in total. The second kappa shape index (κ2) is 9.09. The van der Waals surface area contributed by atoms with Crippen molar-refractivity contribution in [3.63, 3.8) is 0 Å². The smallest absolute Gasteiger partial charge is 0.410 e. The van der Waals surface area contributed by atoms with Gasteiger partial charge in [-0.1, -0.05) is 11.6 Å². The molecule has 0 radical (unpaired) electrons. The van der Waals surface area contributed by atoms with Gasteiger partial charge in [-0.3, -0.25) is 4.90 Å². The predicted octanol–water partition coefficient (Wildman–Crippen LogP) is 3.01. The van der Waals surface area contributed by atoms with Crippen molar-refractivity contribution in [1.29, 1.82) is 0 Å². The van der Waals surface area contributed by atoms with Gasteiger partial charge in [-0.25, -0.2) is 9.59 Å². The van der Waals surface area contributed by atoms with E-state index in [9.17, 15) is 9.59 Å². The number of amides is 3. The van der Waals surface area contributed by atoms with Crippen LogP contribution in [-0.4, -0.2) is 66.8 Å². The molecule has 1 aliphatic rings. The summed E-state index contributed by atoms with van der Waals surface area (Å²) in [4.78, 5) is 27.8. The Balaban J connectivity index is 1.63. The fourth-order valence-electron chi connectivity index (χ4n) is 2.52. The Morgan fingerprint density at radius 3 is 2.31 bits per heavy atom. The molecule has 7 nitrogen and oxygen atoms in total. The maximum absolute atomic E-state index is 12.0. The standard InChI is InChI=1S/C18H27ClN4O3/c1-18(2,3)26-17(25)23-12-10-22(11-13-23)9-8-20-16(24)21-15-6-4-14(19)5-7-15/h4-7H,8-13H2,1-3H3,(H2,20,21,24). The van der Waals surface area contributed by atoms with Crippen molar-refractivity contribution in [3.8, 4) is 0 Å². The molecule has 1 aromatic carbocycles. The number of nitrogens with zero attached hydrogens (tertiary/aromatic N) is 2. The van der Waals surface area contributed by atoms with Gasteiger partial charge in [-0.2, -0.15) is 0 Å². The summed E-state index contributed by atoms with van der Waals surface area (Å²) < 4.78 is 5.38. The average molecular weight is 383 g/mol. The Morgan fingerprint density at radius 2 is 1.73 bits per heavy atom. The molecule has 0 saturated carbocycles. The molecule has 1 fully saturated rings. The molecule has 1 saturated heterocycles. The molecular formula is C18H27ClN4O3. The number of piperazine rings is 1. The van der Waals surface area contributed by atoms with Gasteiger partial charge in [0.1, 0.15) is 5.60 Å². The fraction of sp³-hybridized carbons (Fsp3) is 0.556. The Hall–Kier alpha value is -1.99. The molecule has 144 valence electrons. The molecule has 1 aliphatic heterocycles. The Kier molecular flexibility index (Phi) is 7.11. The highest BCUT2D eigenvalue weighted by Crippen LogP contribution is 2.13. The van der Waals surface area contributed by atoms with Crippen LogP contribution in [0.1, 0.15) is 20.8 Å². The van der Waals surface area contributed by atoms with Gasteiger partial charge >= 0.3 is 12.1 Å². The molecule has 0 atom stereocenters. The zero-order valence-electron chi connectivity index (χ0n) is 15.5. The van der Waals surface area contributed by atoms with Crippen molar-refractivity contribution in [2.24, 2.45) is 0 Å². The number of carbonyl (C=O) groups is 2. The molecule has 0 aromatic heterocycles. The number of urea groups is 1. The molecule has 0 unspecified atom stereocenters. The van der Waals surface area contributed by atoms with Gasteiger partial charge < -0.3 is 20.3 Å². The Morgan fingerprint density at radius 1 is 1.12 bits per heavy atom. The maximum atomic E-state index is 12.0. The lowest BCUT2D eigenvalue weighted by Crippen LogP contribution is -2.51. The van der Waals surface area contributed by atoms with Crippen molar-refractivity contribution in [1.82, 2.24) is 15.1 Å². The fourth-order valence-corrected chi connectivity index (χ4v) is 2.64. The van der Waals surface area contributed by atoms with Crippen molar-refractivity contribution in [3.05, 3.63) is 29.3 Å². The summed E-state index contributed by atoms with van der Waals surface area (Å²) in [5, 5.41) is 6.21. The van der Waals surface area contributed by atoms with Crippen LogP contribution >= 0.6 is 11.6 Å². The number of benzene rings is 1. The summed E-state index contributed by atoms with van der Waals surface area (Å²) in [6, 6.07) is 6.69. The van der Waals surface area contributed by atoms with E-state index in [1.165, 1.54) is 0 Å². The first-order valence-corrected chi connectivity index (χ1v) is 9.11. The lowest BCUT2D eigenvalue weighted by atomic mass is 10.2. The molecule has 0 aliphatic carbocycles. The number of carbonyl (C=O) groups excluding carboxylic acids is 2. The number of anilines is 1. The van der Waals surface area contributed by atoms with E-state index in [2.05, 4.69) is 15.5 Å². The summed E-state index contributed by atoms with van der Waals surface area (Å²) in [7, 11) is 0. The third-order valence-corrected chi connectivity index (χ3v) is 4.09. The zero-order valence-corrected chi connectivity index (χ0v) is 16.3. The van der Waals surface area contributed by atoms with Crippen LogP contribution in [0.2, 0.25) is 5.02 Å². The minimum Gasteiger partial charge on any atom is -0.444 e. The Bertz CT molecular complexity index is 608. The van der Waals surface area contributed by atoms with Crippen LogP contribution in [0.15, 0.2) is 24.3 Å². The van der Waals surface area contributed by atoms with Gasteiger partial charge in [-0.15, -0.1) is 0 Å². The predicted molar refractivity (Wildman–Crippen MR) is 103 cm³/mol. The first-order valence-electron chi connectivity index (χ1n) is 8.74. The summed E-state index contributed by atoms with van der Waals surface area (Å²) in [6.45, 7) is 9.64. The van der Waals surface area contributed by atoms with Gasteiger partial charge in [0.2, 0.25) is 0 Å². The molecule has 0 bridgehead atoms. The number of rotatable bonds is 4. The molecule has 8 heteroatoms. The molecule has 1 aromatic rings. The molecule has 0 spiro atoms. The molecule has 3 amide bonds. The first-order chi connectivity index (χ1) is 12.2. The van der Waals surface area contributed by atoms with Gasteiger partial charge in [0.25, 0.3) is 0 Å². The van der Waals surface area contributed by atoms with E-state index in [-0.39, 0.29) is 12.1 Å². The van der Waals surface area contributed by atoms with Gasteiger partial charge in [0, 0.05) is 50.0 Å². The number of nitrogens with one attached hydrogen (secondary N) is 2. The summed E-state index contributed by atoms with van der Waals surface area (Å²) >= 11 is 5.81. The highest BCUT2D eigenvalue weighted by molar-refractivity contribution is 6.30. The van der Waals surface area contributed by atoms with Crippen LogP contribution in [0.5, 0.6) is 0 Å². The van der Waals surface area contributed by atoms with Crippen LogP contribution in [0, 0.1) is 0 Å². The summed E-state index contributed by atoms with van der Waals surface area (Å²) in [5.41, 5.74) is 0.216. The monoisotopic (exact) mass is 382 g/mol. The quantitative estimate of drug-likeness (QED) is 0.839. The van der Waals surface area contributed by atoms with Crippen molar-refractivity contribution >= 4 is 29.4 Å². The van der Waals surface area contributed by atoms with Crippen LogP contribution < -0.4 is 10.6 Å². The number of hydrogen-bond acceptors (Lipinski definition) is 4. The van der Waals surface area contributed by atoms with Crippen LogP contribution in [0.3, 0.4) is 0 Å². The van der Waals surface area contributed by atoms with Crippen LogP contribution in [0.25, 0.3) is 0 Å². The van der Waals surface area contributed by atoms with Gasteiger partial charge in [0.05, 0.1) is 0 Å².